The van der Waals surface area contributed by atoms with Gasteiger partial charge in [0.2, 0.25) is 0 Å². The zero-order valence-electron chi connectivity index (χ0n) is 31.1. The van der Waals surface area contributed by atoms with E-state index in [1.807, 2.05) is 24.1 Å². The molecule has 0 amide bonds. The van der Waals surface area contributed by atoms with Gasteiger partial charge in [0.15, 0.2) is 0 Å². The zero-order valence-corrected chi connectivity index (χ0v) is 31.1. The first-order valence-corrected chi connectivity index (χ1v) is 17.7. The lowest BCUT2D eigenvalue weighted by Crippen LogP contribution is -2.31. The molecule has 2 aliphatic rings. The first-order valence-electron chi connectivity index (χ1n) is 17.7. The fraction of sp³-hybridized carbons (Fsp3) is 0.523. The number of fused-ring (bicyclic) bond motifs is 3. The fourth-order valence-electron chi connectivity index (χ4n) is 6.48. The van der Waals surface area contributed by atoms with Gasteiger partial charge in [-0.3, -0.25) is 14.0 Å². The van der Waals surface area contributed by atoms with Gasteiger partial charge in [0.05, 0.1) is 66.5 Å². The second kappa shape index (κ2) is 16.8. The molecule has 52 heavy (non-hydrogen) atoms. The van der Waals surface area contributed by atoms with Crippen molar-refractivity contribution in [3.63, 3.8) is 0 Å². The third-order valence-corrected chi connectivity index (χ3v) is 9.87. The van der Waals surface area contributed by atoms with Gasteiger partial charge in [-0.2, -0.15) is 15.3 Å². The van der Waals surface area contributed by atoms with Crippen LogP contribution >= 0.6 is 0 Å². The molecule has 0 spiro atoms. The summed E-state index contributed by atoms with van der Waals surface area (Å²) in [6.45, 7) is 23.1. The van der Waals surface area contributed by atoms with Crippen LogP contribution in [-0.2, 0) is 27.4 Å². The lowest BCUT2D eigenvalue weighted by molar-refractivity contribution is -0.0266. The van der Waals surface area contributed by atoms with Gasteiger partial charge in [-0.25, -0.2) is 0 Å². The van der Waals surface area contributed by atoms with Crippen LogP contribution in [-0.4, -0.2) is 55.8 Å². The maximum absolute atomic E-state index is 5.47. The van der Waals surface area contributed by atoms with Gasteiger partial charge in [-0.1, -0.05) is 114 Å². The van der Waals surface area contributed by atoms with E-state index in [1.54, 1.807) is 0 Å². The summed E-state index contributed by atoms with van der Waals surface area (Å²) in [7, 11) is 2.00. The molecule has 0 bridgehead atoms. The predicted octanol–water partition coefficient (Wildman–Crippen LogP) is 11.1. The molecule has 3 aromatic heterocycles. The summed E-state index contributed by atoms with van der Waals surface area (Å²) in [6, 6.07) is 20.7. The number of benzene rings is 3. The van der Waals surface area contributed by atoms with Crippen molar-refractivity contribution >= 4 is 32.7 Å². The Labute approximate surface area is 313 Å². The molecule has 8 nitrogen and oxygen atoms in total. The lowest BCUT2D eigenvalue weighted by Gasteiger charge is -2.26. The van der Waals surface area contributed by atoms with E-state index in [-0.39, 0.29) is 33.1 Å². The van der Waals surface area contributed by atoms with Crippen molar-refractivity contribution in [2.45, 2.75) is 120 Å². The summed E-state index contributed by atoms with van der Waals surface area (Å²) < 4.78 is 16.9. The molecule has 2 aliphatic heterocycles. The van der Waals surface area contributed by atoms with E-state index < -0.39 is 0 Å². The summed E-state index contributed by atoms with van der Waals surface area (Å²) in [5, 5.41) is 17.1. The van der Waals surface area contributed by atoms with Crippen molar-refractivity contribution in [3.8, 4) is 0 Å². The van der Waals surface area contributed by atoms with Crippen LogP contribution in [0.3, 0.4) is 0 Å². The van der Waals surface area contributed by atoms with Crippen LogP contribution in [0.4, 0.5) is 0 Å². The standard InChI is InChI=1S/C15H20N2O.C13H16N2O.C13H18N2.3CH4/c1-15(2,3)12-5-4-11-9-16-17(14(11)8-12)13-6-7-18-10-13;1-9(2)10-3-4-11-6-14-15(13(11)5-10)12-7-16-8-12;1-9-11-7-6-10(13(2,3)4)8-12(11)15(5)14-9;;;/h4-5,8-9,13H,6-7,10H2,1-3H3;3-6,9,12H,7-8H2,1-2H3;6-8H,1-5H3;3*1H4. The van der Waals surface area contributed by atoms with Crippen LogP contribution in [0.25, 0.3) is 32.7 Å². The van der Waals surface area contributed by atoms with E-state index in [0.29, 0.717) is 18.0 Å². The number of rotatable bonds is 3. The van der Waals surface area contributed by atoms with Gasteiger partial charge in [-0.05, 0) is 65.0 Å². The zero-order chi connectivity index (χ0) is 35.1. The average Bonchev–Trinajstić information content (AvgIpc) is 3.83. The molecule has 6 aromatic rings. The lowest BCUT2D eigenvalue weighted by atomic mass is 9.86. The normalized spacial score (nSPS) is 15.9. The monoisotopic (exact) mass is 711 g/mol. The Morgan fingerprint density at radius 3 is 1.71 bits per heavy atom. The smallest absolute Gasteiger partial charge is 0.0992 e. The summed E-state index contributed by atoms with van der Waals surface area (Å²) >= 11 is 0. The molecule has 284 valence electrons. The van der Waals surface area contributed by atoms with Gasteiger partial charge in [0.1, 0.15) is 0 Å². The van der Waals surface area contributed by atoms with E-state index in [2.05, 4.69) is 142 Å². The highest BCUT2D eigenvalue weighted by Gasteiger charge is 2.23. The minimum atomic E-state index is 0. The molecule has 2 fully saturated rings. The molecule has 3 aromatic carbocycles. The SMILES string of the molecule is C.C.C.CC(C)(C)c1ccc2cnn(C3CCOC3)c2c1.CC(C)c1ccc2cnn(C3COC3)c2c1.Cc1nn(C)c2cc(C(C)(C)C)ccc12. The Bertz CT molecular complexity index is 2040. The molecule has 0 aliphatic carbocycles. The van der Waals surface area contributed by atoms with Crippen molar-refractivity contribution in [2.75, 3.05) is 26.4 Å². The predicted molar refractivity (Wildman–Crippen MR) is 221 cm³/mol. The third kappa shape index (κ3) is 8.95. The topological polar surface area (TPSA) is 71.9 Å². The second-order valence-corrected chi connectivity index (χ2v) is 16.1. The minimum absolute atomic E-state index is 0. The van der Waals surface area contributed by atoms with E-state index in [0.717, 1.165) is 38.5 Å². The summed E-state index contributed by atoms with van der Waals surface area (Å²) in [6.07, 6.45) is 4.97. The van der Waals surface area contributed by atoms with Gasteiger partial charge >= 0.3 is 0 Å². The molecular weight excluding hydrogens is 645 g/mol. The van der Waals surface area contributed by atoms with E-state index in [9.17, 15) is 0 Å². The van der Waals surface area contributed by atoms with Gasteiger partial charge in [0.25, 0.3) is 0 Å². The van der Waals surface area contributed by atoms with E-state index in [1.165, 1.54) is 49.4 Å². The van der Waals surface area contributed by atoms with Crippen LogP contribution in [0, 0.1) is 6.92 Å². The maximum Gasteiger partial charge on any atom is 0.0992 e. The number of ether oxygens (including phenoxy) is 2. The van der Waals surface area contributed by atoms with Crippen molar-refractivity contribution in [1.82, 2.24) is 29.3 Å². The molecule has 1 unspecified atom stereocenters. The highest BCUT2D eigenvalue weighted by atomic mass is 16.5. The average molecular weight is 711 g/mol. The molecule has 8 heteroatoms. The molecule has 8 rings (SSSR count). The fourth-order valence-corrected chi connectivity index (χ4v) is 6.48. The number of hydrogen-bond donors (Lipinski definition) is 0. The largest absolute Gasteiger partial charge is 0.379 e. The van der Waals surface area contributed by atoms with Crippen LogP contribution in [0.15, 0.2) is 67.0 Å². The Morgan fingerprint density at radius 1 is 0.673 bits per heavy atom. The number of hydrogen-bond acceptors (Lipinski definition) is 5. The molecule has 0 radical (unpaired) electrons. The number of nitrogens with zero attached hydrogens (tertiary/aromatic N) is 6. The summed E-state index contributed by atoms with van der Waals surface area (Å²) in [5.74, 6) is 0.561. The maximum atomic E-state index is 5.47. The highest BCUT2D eigenvalue weighted by molar-refractivity contribution is 5.83. The van der Waals surface area contributed by atoms with Crippen LogP contribution in [0.5, 0.6) is 0 Å². The van der Waals surface area contributed by atoms with Gasteiger partial charge in [-0.15, -0.1) is 0 Å². The van der Waals surface area contributed by atoms with E-state index in [4.69, 9.17) is 9.47 Å². The second-order valence-electron chi connectivity index (χ2n) is 16.1. The van der Waals surface area contributed by atoms with Crippen molar-refractivity contribution in [2.24, 2.45) is 7.05 Å². The summed E-state index contributed by atoms with van der Waals surface area (Å²) in [5.41, 5.74) is 9.26. The third-order valence-electron chi connectivity index (χ3n) is 9.87. The Morgan fingerprint density at radius 2 is 1.19 bits per heavy atom. The van der Waals surface area contributed by atoms with Crippen LogP contribution in [0.1, 0.15) is 124 Å². The Hall–Kier alpha value is -4.01. The first kappa shape index (κ1) is 42.4. The van der Waals surface area contributed by atoms with Crippen molar-refractivity contribution in [3.05, 3.63) is 89.4 Å². The number of aromatic nitrogens is 6. The molecule has 5 heterocycles. The molecule has 1 atom stereocenters. The van der Waals surface area contributed by atoms with Gasteiger partial charge in [0, 0.05) is 29.8 Å². The Balaban J connectivity index is 0.000000205. The first-order chi connectivity index (χ1) is 23.2. The Kier molecular flexibility index (Phi) is 13.7. The summed E-state index contributed by atoms with van der Waals surface area (Å²) in [4.78, 5) is 0. The number of aryl methyl sites for hydroxylation is 2. The molecule has 0 saturated carbocycles. The molecule has 0 N–H and O–H groups in total. The highest BCUT2D eigenvalue weighted by Crippen LogP contribution is 2.30. The molecular formula is C44H66N6O2. The molecule has 2 saturated heterocycles. The minimum Gasteiger partial charge on any atom is -0.379 e. The van der Waals surface area contributed by atoms with Crippen molar-refractivity contribution < 1.29 is 9.47 Å². The van der Waals surface area contributed by atoms with Crippen LogP contribution < -0.4 is 0 Å². The van der Waals surface area contributed by atoms with E-state index >= 15 is 0 Å². The van der Waals surface area contributed by atoms with Gasteiger partial charge < -0.3 is 9.47 Å². The van der Waals surface area contributed by atoms with Crippen LogP contribution in [0.2, 0.25) is 0 Å². The quantitative estimate of drug-likeness (QED) is 0.183. The van der Waals surface area contributed by atoms with Crippen molar-refractivity contribution in [1.29, 1.82) is 0 Å².